The zero-order chi connectivity index (χ0) is 10.0. The van der Waals surface area contributed by atoms with E-state index in [9.17, 15) is 0 Å². The van der Waals surface area contributed by atoms with Gasteiger partial charge in [0.2, 0.25) is 0 Å². The van der Waals surface area contributed by atoms with Crippen LogP contribution < -0.4 is 5.73 Å². The van der Waals surface area contributed by atoms with Gasteiger partial charge in [0.1, 0.15) is 5.60 Å². The molecule has 72 valence electrons. The monoisotopic (exact) mass is 188 g/mol. The second-order valence-electron chi connectivity index (χ2n) is 3.49. The average molecular weight is 188 g/mol. The molecule has 0 amide bonds. The lowest BCUT2D eigenvalue weighted by Crippen LogP contribution is -2.47. The molecular formula is C11H12N2O. The summed E-state index contributed by atoms with van der Waals surface area (Å²) < 4.78 is 5.52. The molecule has 0 aliphatic carbocycles. The fourth-order valence-electron chi connectivity index (χ4n) is 1.73. The smallest absolute Gasteiger partial charge is 0.107 e. The van der Waals surface area contributed by atoms with Crippen molar-refractivity contribution in [3.8, 4) is 6.07 Å². The van der Waals surface area contributed by atoms with E-state index in [-0.39, 0.29) is 5.60 Å². The van der Waals surface area contributed by atoms with Crippen molar-refractivity contribution in [3.05, 3.63) is 35.4 Å². The van der Waals surface area contributed by atoms with Crippen molar-refractivity contribution in [3.63, 3.8) is 0 Å². The molecule has 14 heavy (non-hydrogen) atoms. The molecule has 1 aromatic rings. The van der Waals surface area contributed by atoms with Crippen LogP contribution in [0.2, 0.25) is 0 Å². The van der Waals surface area contributed by atoms with Crippen molar-refractivity contribution in [1.29, 1.82) is 5.26 Å². The lowest BCUT2D eigenvalue weighted by atomic mass is 9.86. The van der Waals surface area contributed by atoms with E-state index < -0.39 is 0 Å². The van der Waals surface area contributed by atoms with Gasteiger partial charge < -0.3 is 10.5 Å². The minimum Gasteiger partial charge on any atom is -0.369 e. The Balaban J connectivity index is 2.36. The Morgan fingerprint density at radius 1 is 1.57 bits per heavy atom. The van der Waals surface area contributed by atoms with Gasteiger partial charge in [-0.05, 0) is 17.7 Å². The summed E-state index contributed by atoms with van der Waals surface area (Å²) in [7, 11) is 0. The summed E-state index contributed by atoms with van der Waals surface area (Å²) >= 11 is 0. The van der Waals surface area contributed by atoms with E-state index >= 15 is 0 Å². The van der Waals surface area contributed by atoms with Crippen molar-refractivity contribution in [1.82, 2.24) is 0 Å². The molecule has 1 aliphatic rings. The van der Waals surface area contributed by atoms with Crippen LogP contribution in [0.3, 0.4) is 0 Å². The topological polar surface area (TPSA) is 59.0 Å². The maximum atomic E-state index is 8.77. The zero-order valence-corrected chi connectivity index (χ0v) is 7.86. The van der Waals surface area contributed by atoms with Gasteiger partial charge in [-0.2, -0.15) is 5.26 Å². The lowest BCUT2D eigenvalue weighted by molar-refractivity contribution is -0.146. The van der Waals surface area contributed by atoms with Gasteiger partial charge in [0, 0.05) is 13.0 Å². The van der Waals surface area contributed by atoms with Crippen molar-refractivity contribution in [2.24, 2.45) is 5.73 Å². The molecule has 1 saturated heterocycles. The highest BCUT2D eigenvalue weighted by molar-refractivity contribution is 5.36. The predicted molar refractivity (Wildman–Crippen MR) is 52.5 cm³/mol. The van der Waals surface area contributed by atoms with Gasteiger partial charge in [0.25, 0.3) is 0 Å². The number of nitrogens with two attached hydrogens (primary N) is 1. The number of hydrogen-bond donors (Lipinski definition) is 1. The van der Waals surface area contributed by atoms with Crippen LogP contribution in [0.25, 0.3) is 0 Å². The van der Waals surface area contributed by atoms with Gasteiger partial charge in [0.15, 0.2) is 0 Å². The van der Waals surface area contributed by atoms with Crippen LogP contribution in [0.1, 0.15) is 17.5 Å². The second kappa shape index (κ2) is 3.41. The first-order valence-corrected chi connectivity index (χ1v) is 4.65. The Morgan fingerprint density at radius 3 is 2.86 bits per heavy atom. The van der Waals surface area contributed by atoms with Gasteiger partial charge in [-0.15, -0.1) is 0 Å². The van der Waals surface area contributed by atoms with Crippen LogP contribution >= 0.6 is 0 Å². The Morgan fingerprint density at radius 2 is 2.36 bits per heavy atom. The molecule has 0 aromatic heterocycles. The second-order valence-corrected chi connectivity index (χ2v) is 3.49. The largest absolute Gasteiger partial charge is 0.369 e. The van der Waals surface area contributed by atoms with Crippen molar-refractivity contribution >= 4 is 0 Å². The van der Waals surface area contributed by atoms with Crippen LogP contribution in [0.5, 0.6) is 0 Å². The van der Waals surface area contributed by atoms with Gasteiger partial charge in [-0.3, -0.25) is 0 Å². The number of rotatable bonds is 2. The van der Waals surface area contributed by atoms with Crippen molar-refractivity contribution < 1.29 is 4.74 Å². The molecular weight excluding hydrogens is 176 g/mol. The molecule has 3 heteroatoms. The predicted octanol–water partition coefficient (Wildman–Crippen LogP) is 1.13. The molecule has 1 aromatic carbocycles. The van der Waals surface area contributed by atoms with E-state index in [1.54, 1.807) is 6.07 Å². The van der Waals surface area contributed by atoms with E-state index in [4.69, 9.17) is 15.7 Å². The van der Waals surface area contributed by atoms with Crippen LogP contribution in [0.4, 0.5) is 0 Å². The van der Waals surface area contributed by atoms with Crippen LogP contribution in [-0.2, 0) is 10.3 Å². The first-order chi connectivity index (χ1) is 6.80. The number of benzene rings is 1. The molecule has 0 saturated carbocycles. The molecule has 2 N–H and O–H groups in total. The highest BCUT2D eigenvalue weighted by atomic mass is 16.5. The number of hydrogen-bond acceptors (Lipinski definition) is 3. The summed E-state index contributed by atoms with van der Waals surface area (Å²) in [6, 6.07) is 9.59. The van der Waals surface area contributed by atoms with Gasteiger partial charge in [-0.25, -0.2) is 0 Å². The van der Waals surface area contributed by atoms with Crippen molar-refractivity contribution in [2.45, 2.75) is 12.0 Å². The Kier molecular flexibility index (Phi) is 2.24. The zero-order valence-electron chi connectivity index (χ0n) is 7.86. The molecule has 0 radical (unpaired) electrons. The first-order valence-electron chi connectivity index (χ1n) is 4.65. The highest BCUT2D eigenvalue weighted by Crippen LogP contribution is 2.36. The molecule has 1 fully saturated rings. The summed E-state index contributed by atoms with van der Waals surface area (Å²) in [6.07, 6.45) is 0.943. The standard InChI is InChI=1S/C11H12N2O/c12-7-9-2-1-3-10(6-9)11(8-13)4-5-14-11/h1-3,6H,4-5,8,13H2/t11-/m0/s1. The van der Waals surface area contributed by atoms with Gasteiger partial charge in [0.05, 0.1) is 18.2 Å². The summed E-state index contributed by atoms with van der Waals surface area (Å²) in [4.78, 5) is 0. The third-order valence-corrected chi connectivity index (χ3v) is 2.73. The van der Waals surface area contributed by atoms with Gasteiger partial charge >= 0.3 is 0 Å². The van der Waals surface area contributed by atoms with E-state index in [2.05, 4.69) is 6.07 Å². The van der Waals surface area contributed by atoms with Crippen LogP contribution in [0, 0.1) is 11.3 Å². The van der Waals surface area contributed by atoms with E-state index in [0.717, 1.165) is 18.6 Å². The third kappa shape index (κ3) is 1.29. The molecule has 1 aliphatic heterocycles. The normalized spacial score (nSPS) is 25.1. The maximum Gasteiger partial charge on any atom is 0.107 e. The molecule has 0 spiro atoms. The highest BCUT2D eigenvalue weighted by Gasteiger charge is 2.38. The number of nitriles is 1. The summed E-state index contributed by atoms with van der Waals surface area (Å²) in [5, 5.41) is 8.77. The van der Waals surface area contributed by atoms with Crippen LogP contribution in [-0.4, -0.2) is 13.2 Å². The Hall–Kier alpha value is -1.37. The number of nitrogens with zero attached hydrogens (tertiary/aromatic N) is 1. The average Bonchev–Trinajstić information content (AvgIpc) is 2.18. The molecule has 1 heterocycles. The molecule has 1 atom stereocenters. The SMILES string of the molecule is N#Cc1cccc([C@@]2(CN)CCO2)c1. The number of ether oxygens (including phenoxy) is 1. The fraction of sp³-hybridized carbons (Fsp3) is 0.364. The summed E-state index contributed by atoms with van der Waals surface area (Å²) in [5.74, 6) is 0. The van der Waals surface area contributed by atoms with Crippen molar-refractivity contribution in [2.75, 3.05) is 13.2 Å². The molecule has 3 nitrogen and oxygen atoms in total. The van der Waals surface area contributed by atoms with E-state index in [1.165, 1.54) is 0 Å². The van der Waals surface area contributed by atoms with E-state index in [0.29, 0.717) is 12.1 Å². The Bertz CT molecular complexity index is 372. The molecule has 0 bridgehead atoms. The lowest BCUT2D eigenvalue weighted by Gasteiger charge is -2.41. The maximum absolute atomic E-state index is 8.77. The molecule has 2 rings (SSSR count). The van der Waals surface area contributed by atoms with Crippen LogP contribution in [0.15, 0.2) is 24.3 Å². The van der Waals surface area contributed by atoms with Gasteiger partial charge in [-0.1, -0.05) is 12.1 Å². The first kappa shape index (κ1) is 9.20. The summed E-state index contributed by atoms with van der Waals surface area (Å²) in [6.45, 7) is 1.23. The fourth-order valence-corrected chi connectivity index (χ4v) is 1.73. The Labute approximate surface area is 83.1 Å². The quantitative estimate of drug-likeness (QED) is 0.756. The minimum atomic E-state index is -0.327. The third-order valence-electron chi connectivity index (χ3n) is 2.73. The van der Waals surface area contributed by atoms with E-state index in [1.807, 2.05) is 18.2 Å². The summed E-state index contributed by atoms with van der Waals surface area (Å²) in [5.41, 5.74) is 7.03. The molecule has 0 unspecified atom stereocenters. The minimum absolute atomic E-state index is 0.327.